The zero-order valence-corrected chi connectivity index (χ0v) is 12.9. The minimum atomic E-state index is -0.865. The van der Waals surface area contributed by atoms with Crippen molar-refractivity contribution in [1.29, 1.82) is 0 Å². The third-order valence-corrected chi connectivity index (χ3v) is 4.19. The van der Waals surface area contributed by atoms with Gasteiger partial charge in [-0.2, -0.15) is 0 Å². The first kappa shape index (κ1) is 16.3. The summed E-state index contributed by atoms with van der Waals surface area (Å²) in [4.78, 5) is 29.4. The van der Waals surface area contributed by atoms with Gasteiger partial charge in [-0.3, -0.25) is 14.6 Å². The highest BCUT2D eigenvalue weighted by Crippen LogP contribution is 2.38. The lowest BCUT2D eigenvalue weighted by Crippen LogP contribution is -2.32. The molecule has 1 aromatic carbocycles. The molecule has 3 rings (SSSR count). The van der Waals surface area contributed by atoms with Crippen LogP contribution in [0.4, 0.5) is 8.78 Å². The van der Waals surface area contributed by atoms with Crippen LogP contribution >= 0.6 is 0 Å². The van der Waals surface area contributed by atoms with Gasteiger partial charge < -0.3 is 10.3 Å². The van der Waals surface area contributed by atoms with E-state index in [4.69, 9.17) is 0 Å². The van der Waals surface area contributed by atoms with Crippen LogP contribution in [0.1, 0.15) is 28.9 Å². The van der Waals surface area contributed by atoms with Gasteiger partial charge in [0.05, 0.1) is 12.4 Å². The number of hydrogen-bond donors (Lipinski definition) is 2. The Morgan fingerprint density at radius 2 is 2.08 bits per heavy atom. The van der Waals surface area contributed by atoms with E-state index < -0.39 is 23.1 Å². The number of nitrogens with zero attached hydrogens (tertiary/aromatic N) is 1. The highest BCUT2D eigenvalue weighted by molar-refractivity contribution is 5.91. The van der Waals surface area contributed by atoms with Gasteiger partial charge in [-0.25, -0.2) is 8.78 Å². The van der Waals surface area contributed by atoms with E-state index in [9.17, 15) is 18.4 Å². The highest BCUT2D eigenvalue weighted by Gasteiger charge is 2.31. The maximum Gasteiger partial charge on any atom is 0.269 e. The van der Waals surface area contributed by atoms with Crippen LogP contribution in [0.25, 0.3) is 0 Å². The Kier molecular flexibility index (Phi) is 4.69. The third-order valence-electron chi connectivity index (χ3n) is 4.19. The standard InChI is InChI=1S/C17H17F2N3O2/c18-13-4-1-10(6-14(13)19)5-12(11-2-3-11)7-21-17(24)15-8-20-9-16(23)22-15/h1,4,6,8-9,11-12H,2-3,5,7H2,(H,21,24)(H,22,23). The molecule has 7 heteroatoms. The van der Waals surface area contributed by atoms with Crippen molar-refractivity contribution in [1.82, 2.24) is 15.3 Å². The zero-order valence-electron chi connectivity index (χ0n) is 12.9. The number of hydrogen-bond acceptors (Lipinski definition) is 3. The Morgan fingerprint density at radius 1 is 1.29 bits per heavy atom. The van der Waals surface area contributed by atoms with E-state index in [2.05, 4.69) is 15.3 Å². The van der Waals surface area contributed by atoms with Gasteiger partial charge >= 0.3 is 0 Å². The largest absolute Gasteiger partial charge is 0.350 e. The maximum atomic E-state index is 13.3. The molecule has 1 fully saturated rings. The number of halogens is 2. The van der Waals surface area contributed by atoms with E-state index in [1.807, 2.05) is 0 Å². The predicted octanol–water partition coefficient (Wildman–Crippen LogP) is 2.05. The molecule has 1 unspecified atom stereocenters. The van der Waals surface area contributed by atoms with Crippen LogP contribution in [0.5, 0.6) is 0 Å². The van der Waals surface area contributed by atoms with E-state index in [1.165, 1.54) is 12.3 Å². The predicted molar refractivity (Wildman–Crippen MR) is 83.5 cm³/mol. The lowest BCUT2D eigenvalue weighted by Gasteiger charge is -2.17. The molecule has 126 valence electrons. The first-order chi connectivity index (χ1) is 11.5. The van der Waals surface area contributed by atoms with Crippen molar-refractivity contribution in [2.24, 2.45) is 11.8 Å². The molecule has 1 atom stereocenters. The van der Waals surface area contributed by atoms with Crippen LogP contribution in [-0.2, 0) is 6.42 Å². The van der Waals surface area contributed by atoms with Gasteiger partial charge in [0.1, 0.15) is 5.69 Å². The van der Waals surface area contributed by atoms with Crippen LogP contribution in [-0.4, -0.2) is 22.4 Å². The van der Waals surface area contributed by atoms with Crippen molar-refractivity contribution in [3.63, 3.8) is 0 Å². The summed E-state index contributed by atoms with van der Waals surface area (Å²) in [6.07, 6.45) is 5.07. The molecule has 1 aliphatic rings. The average molecular weight is 333 g/mol. The molecule has 1 aliphatic carbocycles. The molecule has 0 saturated heterocycles. The van der Waals surface area contributed by atoms with Crippen molar-refractivity contribution in [2.75, 3.05) is 6.54 Å². The summed E-state index contributed by atoms with van der Waals surface area (Å²) in [7, 11) is 0. The molecule has 1 heterocycles. The van der Waals surface area contributed by atoms with Gasteiger partial charge in [0.2, 0.25) is 0 Å². The molecule has 1 amide bonds. The molecule has 2 aromatic rings. The van der Waals surface area contributed by atoms with E-state index in [-0.39, 0.29) is 11.6 Å². The van der Waals surface area contributed by atoms with Crippen LogP contribution in [0.15, 0.2) is 35.4 Å². The van der Waals surface area contributed by atoms with E-state index in [1.54, 1.807) is 6.07 Å². The summed E-state index contributed by atoms with van der Waals surface area (Å²) in [5.74, 6) is -1.53. The molecule has 1 saturated carbocycles. The Hall–Kier alpha value is -2.57. The summed E-state index contributed by atoms with van der Waals surface area (Å²) in [5, 5.41) is 2.78. The fourth-order valence-corrected chi connectivity index (χ4v) is 2.75. The van der Waals surface area contributed by atoms with Crippen molar-refractivity contribution in [3.8, 4) is 0 Å². The van der Waals surface area contributed by atoms with Crippen molar-refractivity contribution < 1.29 is 13.6 Å². The quantitative estimate of drug-likeness (QED) is 0.849. The molecule has 2 N–H and O–H groups in total. The van der Waals surface area contributed by atoms with Crippen molar-refractivity contribution >= 4 is 5.91 Å². The number of amides is 1. The number of carbonyl (C=O) groups is 1. The highest BCUT2D eigenvalue weighted by atomic mass is 19.2. The first-order valence-corrected chi connectivity index (χ1v) is 7.79. The van der Waals surface area contributed by atoms with Crippen LogP contribution in [0.3, 0.4) is 0 Å². The third kappa shape index (κ3) is 4.04. The smallest absolute Gasteiger partial charge is 0.269 e. The SMILES string of the molecule is O=C(NCC(Cc1ccc(F)c(F)c1)C1CC1)c1cncc(=O)[nH]1. The van der Waals surface area contributed by atoms with Crippen molar-refractivity contribution in [2.45, 2.75) is 19.3 Å². The minimum absolute atomic E-state index is 0.102. The summed E-state index contributed by atoms with van der Waals surface area (Å²) < 4.78 is 26.3. The Bertz CT molecular complexity index is 802. The fourth-order valence-electron chi connectivity index (χ4n) is 2.75. The van der Waals surface area contributed by atoms with Crippen LogP contribution < -0.4 is 10.9 Å². The molecular weight excluding hydrogens is 316 g/mol. The first-order valence-electron chi connectivity index (χ1n) is 7.79. The molecule has 24 heavy (non-hydrogen) atoms. The van der Waals surface area contributed by atoms with E-state index in [0.29, 0.717) is 24.4 Å². The van der Waals surface area contributed by atoms with Crippen molar-refractivity contribution in [3.05, 3.63) is 63.8 Å². The monoisotopic (exact) mass is 333 g/mol. The fraction of sp³-hybridized carbons (Fsp3) is 0.353. The number of benzene rings is 1. The normalized spacial score (nSPS) is 15.1. The Labute approximate surface area is 137 Å². The van der Waals surface area contributed by atoms with Crippen LogP contribution in [0, 0.1) is 23.5 Å². The Morgan fingerprint density at radius 3 is 2.75 bits per heavy atom. The van der Waals surface area contributed by atoms with Gasteiger partial charge in [-0.05, 0) is 48.8 Å². The second-order valence-corrected chi connectivity index (χ2v) is 6.07. The molecule has 5 nitrogen and oxygen atoms in total. The molecule has 0 radical (unpaired) electrons. The number of aromatic nitrogens is 2. The van der Waals surface area contributed by atoms with E-state index in [0.717, 1.165) is 25.1 Å². The zero-order chi connectivity index (χ0) is 17.1. The van der Waals surface area contributed by atoms with Gasteiger partial charge in [0, 0.05) is 6.54 Å². The topological polar surface area (TPSA) is 74.8 Å². The second-order valence-electron chi connectivity index (χ2n) is 6.07. The molecule has 1 aromatic heterocycles. The molecule has 0 spiro atoms. The number of nitrogens with one attached hydrogen (secondary N) is 2. The van der Waals surface area contributed by atoms with E-state index >= 15 is 0 Å². The summed E-state index contributed by atoms with van der Waals surface area (Å²) in [5.41, 5.74) is 0.364. The molecule has 0 bridgehead atoms. The second kappa shape index (κ2) is 6.90. The summed E-state index contributed by atoms with van der Waals surface area (Å²) in [6.45, 7) is 0.402. The van der Waals surface area contributed by atoms with Gasteiger partial charge in [0.25, 0.3) is 11.5 Å². The number of H-pyrrole nitrogens is 1. The average Bonchev–Trinajstić information content (AvgIpc) is 3.39. The van der Waals surface area contributed by atoms with Gasteiger partial charge in [-0.1, -0.05) is 6.07 Å². The Balaban J connectivity index is 1.63. The maximum absolute atomic E-state index is 13.3. The molecule has 0 aliphatic heterocycles. The van der Waals surface area contributed by atoms with Gasteiger partial charge in [0.15, 0.2) is 11.6 Å². The summed E-state index contributed by atoms with van der Waals surface area (Å²) >= 11 is 0. The lowest BCUT2D eigenvalue weighted by molar-refractivity contribution is 0.0939. The number of carbonyl (C=O) groups excluding carboxylic acids is 1. The summed E-state index contributed by atoms with van der Waals surface area (Å²) in [6, 6.07) is 3.88. The van der Waals surface area contributed by atoms with Gasteiger partial charge in [-0.15, -0.1) is 0 Å². The molecular formula is C17H17F2N3O2. The number of rotatable bonds is 6. The lowest BCUT2D eigenvalue weighted by atomic mass is 9.94. The van der Waals surface area contributed by atoms with Crippen LogP contribution in [0.2, 0.25) is 0 Å². The minimum Gasteiger partial charge on any atom is -0.350 e. The number of aromatic amines is 1.